The molecule has 1 aromatic rings. The molecule has 0 aliphatic heterocycles. The summed E-state index contributed by atoms with van der Waals surface area (Å²) in [6.07, 6.45) is 2.56. The van der Waals surface area contributed by atoms with E-state index in [1.165, 1.54) is 12.1 Å². The molecular formula is C14H15ClFNO3. The van der Waals surface area contributed by atoms with E-state index in [2.05, 4.69) is 5.32 Å². The number of carbonyl (C=O) groups is 2. The number of hydrogen-bond acceptors (Lipinski definition) is 2. The van der Waals surface area contributed by atoms with Crippen molar-refractivity contribution in [3.63, 3.8) is 0 Å². The lowest BCUT2D eigenvalue weighted by Crippen LogP contribution is -2.40. The molecule has 2 rings (SSSR count). The molecule has 0 heterocycles. The van der Waals surface area contributed by atoms with Crippen molar-refractivity contribution in [3.8, 4) is 0 Å². The third kappa shape index (κ3) is 3.48. The maximum Gasteiger partial charge on any atom is 0.306 e. The van der Waals surface area contributed by atoms with E-state index in [-0.39, 0.29) is 16.6 Å². The van der Waals surface area contributed by atoms with Gasteiger partial charge >= 0.3 is 5.97 Å². The SMILES string of the molecule is O=C(NC1CCCC(C(=O)O)C1)c1ccc(F)cc1Cl. The van der Waals surface area contributed by atoms with Crippen molar-refractivity contribution in [1.82, 2.24) is 5.32 Å². The topological polar surface area (TPSA) is 66.4 Å². The number of carboxylic acid groups (broad SMARTS) is 1. The molecule has 2 N–H and O–H groups in total. The van der Waals surface area contributed by atoms with Crippen LogP contribution in [0.15, 0.2) is 18.2 Å². The van der Waals surface area contributed by atoms with Crippen LogP contribution in [0.2, 0.25) is 5.02 Å². The van der Waals surface area contributed by atoms with E-state index >= 15 is 0 Å². The Bertz CT molecular complexity index is 535. The van der Waals surface area contributed by atoms with E-state index in [0.29, 0.717) is 12.8 Å². The van der Waals surface area contributed by atoms with Gasteiger partial charge in [0.2, 0.25) is 0 Å². The van der Waals surface area contributed by atoms with Gasteiger partial charge in [0.1, 0.15) is 5.82 Å². The molecule has 1 aliphatic carbocycles. The molecule has 0 spiro atoms. The number of benzene rings is 1. The zero-order chi connectivity index (χ0) is 14.7. The first kappa shape index (κ1) is 14.8. The van der Waals surface area contributed by atoms with Gasteiger partial charge in [-0.05, 0) is 37.5 Å². The molecule has 1 fully saturated rings. The Kier molecular flexibility index (Phi) is 4.60. The molecule has 4 nitrogen and oxygen atoms in total. The van der Waals surface area contributed by atoms with Crippen molar-refractivity contribution in [3.05, 3.63) is 34.6 Å². The summed E-state index contributed by atoms with van der Waals surface area (Å²) in [5.41, 5.74) is 0.200. The highest BCUT2D eigenvalue weighted by Crippen LogP contribution is 2.25. The standard InChI is InChI=1S/C14H15ClFNO3/c15-12-7-9(16)4-5-11(12)13(18)17-10-3-1-2-8(6-10)14(19)20/h4-5,7-8,10H,1-3,6H2,(H,17,18)(H,19,20). The van der Waals surface area contributed by atoms with Gasteiger partial charge in [0, 0.05) is 6.04 Å². The Morgan fingerprint density at radius 2 is 2.10 bits per heavy atom. The van der Waals surface area contributed by atoms with Crippen molar-refractivity contribution in [2.75, 3.05) is 0 Å². The summed E-state index contributed by atoms with van der Waals surface area (Å²) in [4.78, 5) is 23.0. The number of amides is 1. The number of hydrogen-bond donors (Lipinski definition) is 2. The summed E-state index contributed by atoms with van der Waals surface area (Å²) in [6, 6.07) is 3.39. The van der Waals surface area contributed by atoms with Crippen LogP contribution in [-0.4, -0.2) is 23.0 Å². The van der Waals surface area contributed by atoms with Crippen LogP contribution in [0.1, 0.15) is 36.0 Å². The van der Waals surface area contributed by atoms with Gasteiger partial charge in [-0.2, -0.15) is 0 Å². The molecular weight excluding hydrogens is 285 g/mol. The van der Waals surface area contributed by atoms with Crippen molar-refractivity contribution in [2.45, 2.75) is 31.7 Å². The largest absolute Gasteiger partial charge is 0.481 e. The summed E-state index contributed by atoms with van der Waals surface area (Å²) in [5, 5.41) is 11.8. The molecule has 20 heavy (non-hydrogen) atoms. The Labute approximate surface area is 120 Å². The second kappa shape index (κ2) is 6.22. The van der Waals surface area contributed by atoms with Gasteiger partial charge in [0.05, 0.1) is 16.5 Å². The fraction of sp³-hybridized carbons (Fsp3) is 0.429. The Morgan fingerprint density at radius 3 is 2.75 bits per heavy atom. The van der Waals surface area contributed by atoms with Crippen LogP contribution in [0.5, 0.6) is 0 Å². The molecule has 2 unspecified atom stereocenters. The molecule has 6 heteroatoms. The maximum atomic E-state index is 12.9. The number of aliphatic carboxylic acids is 1. The Balaban J connectivity index is 2.02. The molecule has 0 saturated heterocycles. The highest BCUT2D eigenvalue weighted by Gasteiger charge is 2.28. The number of rotatable bonds is 3. The smallest absolute Gasteiger partial charge is 0.306 e. The predicted octanol–water partition coefficient (Wildman–Crippen LogP) is 2.85. The number of nitrogens with one attached hydrogen (secondary N) is 1. The van der Waals surface area contributed by atoms with E-state index < -0.39 is 23.6 Å². The van der Waals surface area contributed by atoms with Gasteiger partial charge in [0.15, 0.2) is 0 Å². The van der Waals surface area contributed by atoms with Crippen LogP contribution in [0.4, 0.5) is 4.39 Å². The van der Waals surface area contributed by atoms with Gasteiger partial charge < -0.3 is 10.4 Å². The molecule has 1 amide bonds. The molecule has 1 aromatic carbocycles. The zero-order valence-electron chi connectivity index (χ0n) is 10.7. The lowest BCUT2D eigenvalue weighted by atomic mass is 9.85. The molecule has 1 aliphatic rings. The third-order valence-electron chi connectivity index (χ3n) is 3.53. The lowest BCUT2D eigenvalue weighted by molar-refractivity contribution is -0.143. The van der Waals surface area contributed by atoms with Crippen LogP contribution in [0.25, 0.3) is 0 Å². The van der Waals surface area contributed by atoms with E-state index in [9.17, 15) is 14.0 Å². The highest BCUT2D eigenvalue weighted by molar-refractivity contribution is 6.33. The number of carbonyl (C=O) groups excluding carboxylic acids is 1. The Hall–Kier alpha value is -1.62. The van der Waals surface area contributed by atoms with Crippen LogP contribution < -0.4 is 5.32 Å². The first-order chi connectivity index (χ1) is 9.47. The summed E-state index contributed by atoms with van der Waals surface area (Å²) in [7, 11) is 0. The van der Waals surface area contributed by atoms with Gasteiger partial charge in [0.25, 0.3) is 5.91 Å². The minimum Gasteiger partial charge on any atom is -0.481 e. The first-order valence-corrected chi connectivity index (χ1v) is 6.84. The number of halogens is 2. The molecule has 1 saturated carbocycles. The Morgan fingerprint density at radius 1 is 1.35 bits per heavy atom. The van der Waals surface area contributed by atoms with E-state index in [1.807, 2.05) is 0 Å². The fourth-order valence-corrected chi connectivity index (χ4v) is 2.74. The summed E-state index contributed by atoms with van der Waals surface area (Å²) in [6.45, 7) is 0. The monoisotopic (exact) mass is 299 g/mol. The van der Waals surface area contributed by atoms with Crippen molar-refractivity contribution in [2.24, 2.45) is 5.92 Å². The van der Waals surface area contributed by atoms with Crippen molar-refractivity contribution >= 4 is 23.5 Å². The lowest BCUT2D eigenvalue weighted by Gasteiger charge is -2.27. The van der Waals surface area contributed by atoms with E-state index in [1.54, 1.807) is 0 Å². The zero-order valence-corrected chi connectivity index (χ0v) is 11.5. The average molecular weight is 300 g/mol. The normalized spacial score (nSPS) is 22.3. The first-order valence-electron chi connectivity index (χ1n) is 6.46. The van der Waals surface area contributed by atoms with Crippen molar-refractivity contribution in [1.29, 1.82) is 0 Å². The third-order valence-corrected chi connectivity index (χ3v) is 3.85. The molecule has 2 atom stereocenters. The second-order valence-corrected chi connectivity index (χ2v) is 5.40. The average Bonchev–Trinajstić information content (AvgIpc) is 2.38. The summed E-state index contributed by atoms with van der Waals surface area (Å²) >= 11 is 5.83. The van der Waals surface area contributed by atoms with Crippen LogP contribution in [-0.2, 0) is 4.79 Å². The number of carboxylic acids is 1. The minimum atomic E-state index is -0.830. The minimum absolute atomic E-state index is 0.0492. The van der Waals surface area contributed by atoms with Crippen LogP contribution >= 0.6 is 11.6 Å². The predicted molar refractivity (Wildman–Crippen MR) is 72.3 cm³/mol. The maximum absolute atomic E-state index is 12.9. The summed E-state index contributed by atoms with van der Waals surface area (Å²) in [5.74, 6) is -2.15. The van der Waals surface area contributed by atoms with E-state index in [0.717, 1.165) is 18.9 Å². The second-order valence-electron chi connectivity index (χ2n) is 5.00. The quantitative estimate of drug-likeness (QED) is 0.902. The van der Waals surface area contributed by atoms with Crippen LogP contribution in [0.3, 0.4) is 0 Å². The van der Waals surface area contributed by atoms with E-state index in [4.69, 9.17) is 16.7 Å². The van der Waals surface area contributed by atoms with Crippen LogP contribution in [0, 0.1) is 11.7 Å². The van der Waals surface area contributed by atoms with Crippen molar-refractivity contribution < 1.29 is 19.1 Å². The van der Waals surface area contributed by atoms with Gasteiger partial charge in [-0.15, -0.1) is 0 Å². The molecule has 108 valence electrons. The molecule has 0 bridgehead atoms. The van der Waals surface area contributed by atoms with Gasteiger partial charge in [-0.25, -0.2) is 4.39 Å². The van der Waals surface area contributed by atoms with Gasteiger partial charge in [-0.1, -0.05) is 18.0 Å². The highest BCUT2D eigenvalue weighted by atomic mass is 35.5. The fourth-order valence-electron chi connectivity index (χ4n) is 2.48. The summed E-state index contributed by atoms with van der Waals surface area (Å²) < 4.78 is 12.9. The molecule has 0 radical (unpaired) electrons. The van der Waals surface area contributed by atoms with Gasteiger partial charge in [-0.3, -0.25) is 9.59 Å². The molecule has 0 aromatic heterocycles.